The molecule has 2 aromatic rings. The number of rotatable bonds is 8. The highest BCUT2D eigenvalue weighted by Crippen LogP contribution is 2.40. The van der Waals surface area contributed by atoms with Gasteiger partial charge >= 0.3 is 0 Å². The summed E-state index contributed by atoms with van der Waals surface area (Å²) in [7, 11) is 4.62. The number of anilines is 2. The number of amides is 1. The van der Waals surface area contributed by atoms with Crippen LogP contribution >= 0.6 is 0 Å². The molecular formula is C17H20N4O4. The van der Waals surface area contributed by atoms with E-state index in [-0.39, 0.29) is 11.6 Å². The van der Waals surface area contributed by atoms with Crippen molar-refractivity contribution in [3.63, 3.8) is 0 Å². The van der Waals surface area contributed by atoms with E-state index in [1.807, 2.05) is 0 Å². The van der Waals surface area contributed by atoms with Crippen LogP contribution in [-0.4, -0.2) is 44.0 Å². The zero-order valence-electron chi connectivity index (χ0n) is 14.3. The van der Waals surface area contributed by atoms with Gasteiger partial charge < -0.3 is 24.8 Å². The molecule has 0 saturated heterocycles. The molecule has 1 aromatic heterocycles. The van der Waals surface area contributed by atoms with Gasteiger partial charge in [0.05, 0.1) is 21.3 Å². The highest BCUT2D eigenvalue weighted by molar-refractivity contribution is 5.92. The van der Waals surface area contributed by atoms with Gasteiger partial charge in [-0.1, -0.05) is 6.08 Å². The number of ether oxygens (including phenoxy) is 3. The topological polar surface area (TPSA) is 94.6 Å². The van der Waals surface area contributed by atoms with Gasteiger partial charge in [0.15, 0.2) is 23.0 Å². The molecule has 0 atom stereocenters. The highest BCUT2D eigenvalue weighted by atomic mass is 16.5. The second kappa shape index (κ2) is 8.53. The molecule has 1 heterocycles. The van der Waals surface area contributed by atoms with Crippen molar-refractivity contribution in [2.24, 2.45) is 0 Å². The minimum absolute atomic E-state index is 0.220. The van der Waals surface area contributed by atoms with E-state index in [1.54, 1.807) is 30.3 Å². The summed E-state index contributed by atoms with van der Waals surface area (Å²) in [6, 6.07) is 6.71. The van der Waals surface area contributed by atoms with Crippen LogP contribution in [0.3, 0.4) is 0 Å². The Labute approximate surface area is 145 Å². The Balaban J connectivity index is 2.19. The van der Waals surface area contributed by atoms with Crippen LogP contribution in [0.1, 0.15) is 10.5 Å². The third-order valence-corrected chi connectivity index (χ3v) is 3.24. The monoisotopic (exact) mass is 344 g/mol. The Morgan fingerprint density at radius 2 is 1.80 bits per heavy atom. The lowest BCUT2D eigenvalue weighted by Gasteiger charge is -2.14. The van der Waals surface area contributed by atoms with Gasteiger partial charge in [0.2, 0.25) is 5.75 Å². The van der Waals surface area contributed by atoms with E-state index in [0.29, 0.717) is 35.3 Å². The first-order valence-corrected chi connectivity index (χ1v) is 7.42. The van der Waals surface area contributed by atoms with Crippen molar-refractivity contribution in [3.8, 4) is 17.2 Å². The summed E-state index contributed by atoms with van der Waals surface area (Å²) in [5.74, 6) is 1.67. The zero-order valence-corrected chi connectivity index (χ0v) is 14.3. The van der Waals surface area contributed by atoms with Crippen LogP contribution in [-0.2, 0) is 0 Å². The summed E-state index contributed by atoms with van der Waals surface area (Å²) in [6.45, 7) is 3.90. The molecular weight excluding hydrogens is 324 g/mol. The van der Waals surface area contributed by atoms with Crippen LogP contribution in [0.15, 0.2) is 36.9 Å². The van der Waals surface area contributed by atoms with E-state index in [9.17, 15) is 4.79 Å². The lowest BCUT2D eigenvalue weighted by Crippen LogP contribution is -2.24. The molecule has 0 radical (unpaired) electrons. The average Bonchev–Trinajstić information content (AvgIpc) is 2.65. The summed E-state index contributed by atoms with van der Waals surface area (Å²) < 4.78 is 15.9. The largest absolute Gasteiger partial charge is 0.493 e. The number of carbonyl (C=O) groups is 1. The van der Waals surface area contributed by atoms with Crippen LogP contribution in [0, 0.1) is 0 Å². The maximum atomic E-state index is 11.8. The van der Waals surface area contributed by atoms with Gasteiger partial charge in [-0.3, -0.25) is 4.79 Å². The van der Waals surface area contributed by atoms with Gasteiger partial charge in [-0.25, -0.2) is 0 Å². The van der Waals surface area contributed by atoms with Crippen LogP contribution < -0.4 is 24.8 Å². The molecule has 2 rings (SSSR count). The molecule has 0 spiro atoms. The quantitative estimate of drug-likeness (QED) is 0.709. The number of carbonyl (C=O) groups excluding carboxylic acids is 1. The number of aromatic nitrogens is 2. The maximum absolute atomic E-state index is 11.8. The Morgan fingerprint density at radius 3 is 2.28 bits per heavy atom. The van der Waals surface area contributed by atoms with Crippen LogP contribution in [0.25, 0.3) is 0 Å². The van der Waals surface area contributed by atoms with E-state index in [4.69, 9.17) is 14.2 Å². The van der Waals surface area contributed by atoms with Crippen molar-refractivity contribution in [1.29, 1.82) is 0 Å². The van der Waals surface area contributed by atoms with Gasteiger partial charge in [-0.05, 0) is 12.1 Å². The number of nitrogens with zero attached hydrogens (tertiary/aromatic N) is 2. The molecule has 0 aliphatic heterocycles. The van der Waals surface area contributed by atoms with Crippen LogP contribution in [0.2, 0.25) is 0 Å². The summed E-state index contributed by atoms with van der Waals surface area (Å²) in [5, 5.41) is 13.6. The SMILES string of the molecule is C=CCNC(=O)c1ccc(Nc2cc(OC)c(OC)c(OC)c2)nn1. The summed E-state index contributed by atoms with van der Waals surface area (Å²) >= 11 is 0. The minimum Gasteiger partial charge on any atom is -0.493 e. The Hall–Kier alpha value is -3.29. The predicted molar refractivity (Wildman–Crippen MR) is 93.9 cm³/mol. The van der Waals surface area contributed by atoms with E-state index < -0.39 is 0 Å². The van der Waals surface area contributed by atoms with Gasteiger partial charge in [-0.15, -0.1) is 16.8 Å². The molecule has 132 valence electrons. The summed E-state index contributed by atoms with van der Waals surface area (Å²) in [6.07, 6.45) is 1.59. The molecule has 0 saturated carbocycles. The van der Waals surface area contributed by atoms with Crippen molar-refractivity contribution in [2.75, 3.05) is 33.2 Å². The first kappa shape index (κ1) is 18.1. The first-order valence-electron chi connectivity index (χ1n) is 7.42. The predicted octanol–water partition coefficient (Wildman–Crippen LogP) is 2.16. The third kappa shape index (κ3) is 4.37. The van der Waals surface area contributed by atoms with E-state index in [2.05, 4.69) is 27.4 Å². The fourth-order valence-electron chi connectivity index (χ4n) is 2.08. The first-order chi connectivity index (χ1) is 12.1. The molecule has 0 aliphatic rings. The molecule has 0 bridgehead atoms. The Bertz CT molecular complexity index is 722. The van der Waals surface area contributed by atoms with Crippen molar-refractivity contribution in [1.82, 2.24) is 15.5 Å². The summed E-state index contributed by atoms with van der Waals surface area (Å²) in [5.41, 5.74) is 0.893. The van der Waals surface area contributed by atoms with Crippen molar-refractivity contribution < 1.29 is 19.0 Å². The summed E-state index contributed by atoms with van der Waals surface area (Å²) in [4.78, 5) is 11.8. The number of hydrogen-bond acceptors (Lipinski definition) is 7. The van der Waals surface area contributed by atoms with Gasteiger partial charge in [0.1, 0.15) is 0 Å². The lowest BCUT2D eigenvalue weighted by atomic mass is 10.2. The maximum Gasteiger partial charge on any atom is 0.272 e. The van der Waals surface area contributed by atoms with Crippen molar-refractivity contribution >= 4 is 17.4 Å². The molecule has 1 aromatic carbocycles. The second-order valence-electron chi connectivity index (χ2n) is 4.84. The number of hydrogen-bond donors (Lipinski definition) is 2. The molecule has 2 N–H and O–H groups in total. The third-order valence-electron chi connectivity index (χ3n) is 3.24. The second-order valence-corrected chi connectivity index (χ2v) is 4.84. The standard InChI is InChI=1S/C17H20N4O4/c1-5-8-18-17(22)12-6-7-15(21-20-12)19-11-9-13(23-2)16(25-4)14(10-11)24-3/h5-7,9-10H,1,8H2,2-4H3,(H,18,22)(H,19,21). The van der Waals surface area contributed by atoms with E-state index in [1.165, 1.54) is 21.3 Å². The lowest BCUT2D eigenvalue weighted by molar-refractivity contribution is 0.0952. The number of benzene rings is 1. The normalized spacial score (nSPS) is 9.88. The average molecular weight is 344 g/mol. The van der Waals surface area contributed by atoms with Gasteiger partial charge in [-0.2, -0.15) is 0 Å². The number of nitrogens with one attached hydrogen (secondary N) is 2. The zero-order chi connectivity index (χ0) is 18.2. The van der Waals surface area contributed by atoms with Gasteiger partial charge in [0, 0.05) is 24.4 Å². The number of methoxy groups -OCH3 is 3. The molecule has 0 unspecified atom stereocenters. The fraction of sp³-hybridized carbons (Fsp3) is 0.235. The van der Waals surface area contributed by atoms with Crippen molar-refractivity contribution in [2.45, 2.75) is 0 Å². The molecule has 0 fully saturated rings. The van der Waals surface area contributed by atoms with Crippen LogP contribution in [0.5, 0.6) is 17.2 Å². The van der Waals surface area contributed by atoms with Crippen LogP contribution in [0.4, 0.5) is 11.5 Å². The Kier molecular flexibility index (Phi) is 6.16. The van der Waals surface area contributed by atoms with Gasteiger partial charge in [0.25, 0.3) is 5.91 Å². The molecule has 1 amide bonds. The minimum atomic E-state index is -0.313. The van der Waals surface area contributed by atoms with Crippen molar-refractivity contribution in [3.05, 3.63) is 42.6 Å². The molecule has 0 aliphatic carbocycles. The smallest absolute Gasteiger partial charge is 0.272 e. The Morgan fingerprint density at radius 1 is 1.12 bits per heavy atom. The fourth-order valence-corrected chi connectivity index (χ4v) is 2.08. The molecule has 8 heteroatoms. The molecule has 8 nitrogen and oxygen atoms in total. The highest BCUT2D eigenvalue weighted by Gasteiger charge is 2.14. The molecule has 25 heavy (non-hydrogen) atoms. The van der Waals surface area contributed by atoms with E-state index >= 15 is 0 Å². The van der Waals surface area contributed by atoms with E-state index in [0.717, 1.165) is 0 Å².